The van der Waals surface area contributed by atoms with Crippen molar-refractivity contribution in [3.63, 3.8) is 0 Å². The number of benzene rings is 3. The van der Waals surface area contributed by atoms with Crippen LogP contribution in [0.5, 0.6) is 5.75 Å². The summed E-state index contributed by atoms with van der Waals surface area (Å²) < 4.78 is 36.7. The third kappa shape index (κ3) is 8.60. The predicted molar refractivity (Wildman–Crippen MR) is 185 cm³/mol. The Hall–Kier alpha value is -4.71. The SMILES string of the molecule is Cc1c(C)c(S(=O)(=O)NC(=O)C(CCCN=C(N)N)N(C(=O)Cc2ccccc2)C(=O)Cc2ccccc2)c(C)c2c1OC(C)(C)CC2. The summed E-state index contributed by atoms with van der Waals surface area (Å²) in [4.78, 5) is 46.8. The van der Waals surface area contributed by atoms with Crippen molar-refractivity contribution in [3.8, 4) is 5.75 Å². The highest BCUT2D eigenvalue weighted by molar-refractivity contribution is 7.90. The van der Waals surface area contributed by atoms with Gasteiger partial charge in [-0.25, -0.2) is 13.1 Å². The molecule has 12 heteroatoms. The Kier molecular flexibility index (Phi) is 11.3. The second-order valence-corrected chi connectivity index (χ2v) is 14.4. The number of rotatable bonds is 12. The van der Waals surface area contributed by atoms with Gasteiger partial charge in [0.1, 0.15) is 17.4 Å². The zero-order valence-electron chi connectivity index (χ0n) is 28.2. The highest BCUT2D eigenvalue weighted by atomic mass is 32.2. The van der Waals surface area contributed by atoms with E-state index in [1.165, 1.54) is 0 Å². The van der Waals surface area contributed by atoms with Crippen molar-refractivity contribution in [2.24, 2.45) is 16.5 Å². The molecule has 0 saturated carbocycles. The van der Waals surface area contributed by atoms with Crippen molar-refractivity contribution >= 4 is 33.7 Å². The number of imide groups is 1. The Labute approximate surface area is 282 Å². The summed E-state index contributed by atoms with van der Waals surface area (Å²) in [5.74, 6) is -1.78. The van der Waals surface area contributed by atoms with Crippen LogP contribution >= 0.6 is 0 Å². The lowest BCUT2D eigenvalue weighted by atomic mass is 9.88. The summed E-state index contributed by atoms with van der Waals surface area (Å²) >= 11 is 0. The smallest absolute Gasteiger partial charge is 0.264 e. The lowest BCUT2D eigenvalue weighted by Crippen LogP contribution is -2.54. The predicted octanol–water partition coefficient (Wildman–Crippen LogP) is 3.78. The van der Waals surface area contributed by atoms with E-state index in [2.05, 4.69) is 9.71 Å². The molecule has 3 amide bonds. The third-order valence-electron chi connectivity index (χ3n) is 8.65. The number of nitrogens with one attached hydrogen (secondary N) is 1. The van der Waals surface area contributed by atoms with Gasteiger partial charge < -0.3 is 16.2 Å². The van der Waals surface area contributed by atoms with Gasteiger partial charge in [-0.2, -0.15) is 0 Å². The van der Waals surface area contributed by atoms with Gasteiger partial charge >= 0.3 is 0 Å². The number of ether oxygens (including phenoxy) is 1. The molecule has 1 aliphatic rings. The molecule has 3 aromatic carbocycles. The van der Waals surface area contributed by atoms with E-state index in [4.69, 9.17) is 16.2 Å². The fraction of sp³-hybridized carbons (Fsp3) is 0.389. The molecule has 0 bridgehead atoms. The van der Waals surface area contributed by atoms with Gasteiger partial charge in [0.15, 0.2) is 5.96 Å². The Morgan fingerprint density at radius 1 is 0.896 bits per heavy atom. The molecular formula is C36H45N5O6S. The maximum Gasteiger partial charge on any atom is 0.264 e. The molecule has 256 valence electrons. The minimum absolute atomic E-state index is 0.0209. The molecule has 1 aliphatic heterocycles. The Bertz CT molecular complexity index is 1750. The van der Waals surface area contributed by atoms with Gasteiger partial charge in [-0.05, 0) is 93.7 Å². The maximum absolute atomic E-state index is 14.2. The van der Waals surface area contributed by atoms with Crippen LogP contribution in [0.3, 0.4) is 0 Å². The summed E-state index contributed by atoms with van der Waals surface area (Å²) in [6, 6.07) is 16.2. The number of fused-ring (bicyclic) bond motifs is 1. The second-order valence-electron chi connectivity index (χ2n) is 12.8. The number of nitrogens with zero attached hydrogens (tertiary/aromatic N) is 2. The molecule has 11 nitrogen and oxygen atoms in total. The van der Waals surface area contributed by atoms with Crippen molar-refractivity contribution in [1.29, 1.82) is 0 Å². The average molecular weight is 676 g/mol. The minimum atomic E-state index is -4.47. The van der Waals surface area contributed by atoms with Crippen molar-refractivity contribution in [3.05, 3.63) is 94.0 Å². The molecule has 0 aliphatic carbocycles. The lowest BCUT2D eigenvalue weighted by molar-refractivity contribution is -0.151. The van der Waals surface area contributed by atoms with Crippen LogP contribution in [0.15, 0.2) is 70.6 Å². The molecule has 0 spiro atoms. The zero-order chi connectivity index (χ0) is 35.2. The van der Waals surface area contributed by atoms with Crippen LogP contribution < -0.4 is 20.9 Å². The van der Waals surface area contributed by atoms with E-state index >= 15 is 0 Å². The topological polar surface area (TPSA) is 174 Å². The molecule has 0 saturated heterocycles. The highest BCUT2D eigenvalue weighted by Crippen LogP contribution is 2.42. The van der Waals surface area contributed by atoms with E-state index in [1.54, 1.807) is 81.4 Å². The van der Waals surface area contributed by atoms with Crippen molar-refractivity contribution in [2.75, 3.05) is 6.54 Å². The number of amides is 3. The van der Waals surface area contributed by atoms with Gasteiger partial charge in [-0.3, -0.25) is 24.3 Å². The second kappa shape index (κ2) is 15.0. The maximum atomic E-state index is 14.2. The number of sulfonamides is 1. The monoisotopic (exact) mass is 675 g/mol. The number of hydrogen-bond acceptors (Lipinski definition) is 7. The molecule has 1 unspecified atom stereocenters. The minimum Gasteiger partial charge on any atom is -0.487 e. The van der Waals surface area contributed by atoms with Gasteiger partial charge in [0.05, 0.1) is 17.7 Å². The molecule has 4 rings (SSSR count). The van der Waals surface area contributed by atoms with Gasteiger partial charge in [0, 0.05) is 6.54 Å². The molecule has 3 aromatic rings. The molecule has 0 aromatic heterocycles. The van der Waals surface area contributed by atoms with E-state index in [0.29, 0.717) is 46.4 Å². The van der Waals surface area contributed by atoms with Crippen LogP contribution in [0.25, 0.3) is 0 Å². The first-order valence-corrected chi connectivity index (χ1v) is 17.5. The van der Waals surface area contributed by atoms with E-state index in [0.717, 1.165) is 10.5 Å². The molecule has 0 radical (unpaired) electrons. The molecular weight excluding hydrogens is 630 g/mol. The summed E-state index contributed by atoms with van der Waals surface area (Å²) in [6.45, 7) is 9.26. The molecule has 5 N–H and O–H groups in total. The Morgan fingerprint density at radius 3 is 1.96 bits per heavy atom. The zero-order valence-corrected chi connectivity index (χ0v) is 29.0. The van der Waals surface area contributed by atoms with Crippen LogP contribution in [0.1, 0.15) is 66.5 Å². The van der Waals surface area contributed by atoms with Gasteiger partial charge in [0.25, 0.3) is 15.9 Å². The normalized spacial score (nSPS) is 14.2. The van der Waals surface area contributed by atoms with Crippen molar-refractivity contribution in [1.82, 2.24) is 9.62 Å². The summed E-state index contributed by atoms with van der Waals surface area (Å²) in [6.07, 6.45) is 1.05. The molecule has 1 atom stereocenters. The van der Waals surface area contributed by atoms with E-state index in [1.807, 2.05) is 13.8 Å². The van der Waals surface area contributed by atoms with Gasteiger partial charge in [-0.15, -0.1) is 0 Å². The number of carbonyl (C=O) groups is 3. The lowest BCUT2D eigenvalue weighted by Gasteiger charge is -2.35. The number of hydrogen-bond donors (Lipinski definition) is 3. The van der Waals surface area contributed by atoms with Gasteiger partial charge in [-0.1, -0.05) is 60.7 Å². The van der Waals surface area contributed by atoms with Crippen LogP contribution in [-0.2, 0) is 43.7 Å². The van der Waals surface area contributed by atoms with Crippen LogP contribution in [-0.4, -0.2) is 55.2 Å². The number of nitrogens with two attached hydrogens (primary N) is 2. The van der Waals surface area contributed by atoms with Crippen molar-refractivity contribution in [2.45, 2.75) is 89.7 Å². The number of aliphatic imine (C=N–C) groups is 1. The average Bonchev–Trinajstić information content (AvgIpc) is 3.01. The number of carbonyl (C=O) groups excluding carboxylic acids is 3. The van der Waals surface area contributed by atoms with Crippen LogP contribution in [0.4, 0.5) is 0 Å². The molecule has 48 heavy (non-hydrogen) atoms. The Balaban J connectivity index is 1.74. The van der Waals surface area contributed by atoms with Gasteiger partial charge in [0.2, 0.25) is 11.8 Å². The summed E-state index contributed by atoms with van der Waals surface area (Å²) in [5.41, 5.74) is 14.2. The van der Waals surface area contributed by atoms with Crippen molar-refractivity contribution < 1.29 is 27.5 Å². The van der Waals surface area contributed by atoms with Crippen LogP contribution in [0, 0.1) is 20.8 Å². The first-order valence-electron chi connectivity index (χ1n) is 16.0. The largest absolute Gasteiger partial charge is 0.487 e. The number of guanidine groups is 1. The molecule has 1 heterocycles. The fourth-order valence-corrected chi connectivity index (χ4v) is 7.66. The van der Waals surface area contributed by atoms with Crippen LogP contribution in [0.2, 0.25) is 0 Å². The quantitative estimate of drug-likeness (QED) is 0.148. The molecule has 0 fully saturated rings. The Morgan fingerprint density at radius 2 is 1.44 bits per heavy atom. The third-order valence-corrected chi connectivity index (χ3v) is 10.3. The van der Waals surface area contributed by atoms with E-state index in [9.17, 15) is 22.8 Å². The van der Waals surface area contributed by atoms with E-state index < -0.39 is 39.4 Å². The first-order chi connectivity index (χ1) is 22.6. The highest BCUT2D eigenvalue weighted by Gasteiger charge is 2.38. The summed E-state index contributed by atoms with van der Waals surface area (Å²) in [5, 5.41) is 0. The standard InChI is InChI=1S/C36H45N5O6S/c1-23-24(2)33(25(3)28-18-19-36(4,5)47-32(23)28)48(45,46)40-34(44)29(17-12-20-39-35(37)38)41(30(42)21-26-13-8-6-9-14-26)31(43)22-27-15-10-7-11-16-27/h6-11,13-16,29H,12,17-22H2,1-5H3,(H,40,44)(H4,37,38,39). The summed E-state index contributed by atoms with van der Waals surface area (Å²) in [7, 11) is -4.47. The fourth-order valence-electron chi connectivity index (χ4n) is 6.07. The van der Waals surface area contributed by atoms with E-state index in [-0.39, 0.29) is 43.1 Å². The first kappa shape index (κ1) is 36.1.